The van der Waals surface area contributed by atoms with Crippen molar-refractivity contribution in [2.75, 3.05) is 19.3 Å². The number of thioether (sulfide) groups is 1. The third-order valence-electron chi connectivity index (χ3n) is 3.10. The minimum atomic E-state index is -0.397. The summed E-state index contributed by atoms with van der Waals surface area (Å²) in [5.74, 6) is -0.166. The van der Waals surface area contributed by atoms with E-state index in [-0.39, 0.29) is 11.8 Å². The van der Waals surface area contributed by atoms with Gasteiger partial charge in [0.1, 0.15) is 6.04 Å². The lowest BCUT2D eigenvalue weighted by Gasteiger charge is -2.32. The van der Waals surface area contributed by atoms with E-state index in [1.54, 1.807) is 23.6 Å². The van der Waals surface area contributed by atoms with Crippen LogP contribution in [0.1, 0.15) is 17.3 Å². The molecule has 0 aliphatic carbocycles. The number of rotatable bonds is 2. The summed E-state index contributed by atoms with van der Waals surface area (Å²) in [4.78, 5) is 26.6. The van der Waals surface area contributed by atoms with Gasteiger partial charge in [-0.25, -0.2) is 0 Å². The molecule has 96 valence electrons. The van der Waals surface area contributed by atoms with Crippen LogP contribution < -0.4 is 5.32 Å². The number of nitrogens with zero attached hydrogens (tertiary/aromatic N) is 1. The molecule has 1 aliphatic rings. The second-order valence-electron chi connectivity index (χ2n) is 4.19. The maximum atomic E-state index is 12.3. The molecular formula is C13H16N2O2S. The Balaban J connectivity index is 2.16. The van der Waals surface area contributed by atoms with Crippen LogP contribution in [-0.4, -0.2) is 42.1 Å². The average molecular weight is 264 g/mol. The molecule has 5 heteroatoms. The second kappa shape index (κ2) is 5.44. The van der Waals surface area contributed by atoms with Gasteiger partial charge in [-0.3, -0.25) is 9.59 Å². The molecule has 1 aliphatic heterocycles. The number of nitrogens with one attached hydrogen (secondary N) is 1. The van der Waals surface area contributed by atoms with Crippen LogP contribution in [0.4, 0.5) is 0 Å². The topological polar surface area (TPSA) is 49.4 Å². The molecule has 1 aromatic carbocycles. The Morgan fingerprint density at radius 3 is 2.67 bits per heavy atom. The quantitative estimate of drug-likeness (QED) is 0.821. The van der Waals surface area contributed by atoms with Crippen molar-refractivity contribution in [3.8, 4) is 0 Å². The Hall–Kier alpha value is -1.49. The number of hydrogen-bond acceptors (Lipinski definition) is 3. The molecule has 1 unspecified atom stereocenters. The summed E-state index contributed by atoms with van der Waals surface area (Å²) < 4.78 is 0. The molecule has 1 N–H and O–H groups in total. The molecule has 1 aromatic rings. The van der Waals surface area contributed by atoms with E-state index in [1.807, 2.05) is 30.5 Å². The summed E-state index contributed by atoms with van der Waals surface area (Å²) >= 11 is 1.64. The van der Waals surface area contributed by atoms with Crippen molar-refractivity contribution >= 4 is 23.6 Å². The standard InChI is InChI=1S/C13H16N2O2S/c1-9-12(16)14-7-8-15(9)13(17)10-3-5-11(18-2)6-4-10/h3-6,9H,7-8H2,1-2H3,(H,14,16). The van der Waals surface area contributed by atoms with Crippen molar-refractivity contribution in [1.29, 1.82) is 0 Å². The first-order valence-electron chi connectivity index (χ1n) is 5.86. The number of amides is 2. The molecule has 0 aromatic heterocycles. The van der Waals surface area contributed by atoms with Crippen molar-refractivity contribution in [2.24, 2.45) is 0 Å². The summed E-state index contributed by atoms with van der Waals surface area (Å²) in [5, 5.41) is 2.75. The van der Waals surface area contributed by atoms with Gasteiger partial charge in [0.2, 0.25) is 5.91 Å². The Morgan fingerprint density at radius 2 is 2.06 bits per heavy atom. The van der Waals surface area contributed by atoms with Crippen LogP contribution in [0.2, 0.25) is 0 Å². The summed E-state index contributed by atoms with van der Waals surface area (Å²) in [5.41, 5.74) is 0.634. The molecule has 0 saturated carbocycles. The van der Waals surface area contributed by atoms with Gasteiger partial charge in [-0.2, -0.15) is 0 Å². The summed E-state index contributed by atoms with van der Waals surface area (Å²) in [6.45, 7) is 2.84. The fourth-order valence-corrected chi connectivity index (χ4v) is 2.37. The molecule has 1 fully saturated rings. The lowest BCUT2D eigenvalue weighted by Crippen LogP contribution is -2.55. The highest BCUT2D eigenvalue weighted by atomic mass is 32.2. The van der Waals surface area contributed by atoms with Gasteiger partial charge in [-0.05, 0) is 37.4 Å². The number of hydrogen-bond donors (Lipinski definition) is 1. The van der Waals surface area contributed by atoms with Crippen LogP contribution in [0.5, 0.6) is 0 Å². The normalized spacial score (nSPS) is 19.6. The maximum absolute atomic E-state index is 12.3. The van der Waals surface area contributed by atoms with Gasteiger partial charge in [0.15, 0.2) is 0 Å². The number of carbonyl (C=O) groups excluding carboxylic acids is 2. The fourth-order valence-electron chi connectivity index (χ4n) is 1.96. The molecule has 0 radical (unpaired) electrons. The first-order chi connectivity index (χ1) is 8.63. The van der Waals surface area contributed by atoms with Crippen molar-refractivity contribution in [3.63, 3.8) is 0 Å². The van der Waals surface area contributed by atoms with Gasteiger partial charge in [-0.15, -0.1) is 11.8 Å². The van der Waals surface area contributed by atoms with Crippen LogP contribution in [0, 0.1) is 0 Å². The Labute approximate surface area is 111 Å². The molecular weight excluding hydrogens is 248 g/mol. The predicted molar refractivity (Wildman–Crippen MR) is 71.7 cm³/mol. The van der Waals surface area contributed by atoms with Crippen LogP contribution in [0.15, 0.2) is 29.2 Å². The smallest absolute Gasteiger partial charge is 0.254 e. The average Bonchev–Trinajstić information content (AvgIpc) is 2.41. The van der Waals surface area contributed by atoms with E-state index in [0.29, 0.717) is 18.7 Å². The zero-order valence-electron chi connectivity index (χ0n) is 10.5. The minimum absolute atomic E-state index is 0.0787. The summed E-state index contributed by atoms with van der Waals surface area (Å²) in [6.07, 6.45) is 1.99. The molecule has 0 bridgehead atoms. The highest BCUT2D eigenvalue weighted by Crippen LogP contribution is 2.17. The van der Waals surface area contributed by atoms with E-state index in [2.05, 4.69) is 5.32 Å². The van der Waals surface area contributed by atoms with Gasteiger partial charge in [0, 0.05) is 23.5 Å². The first kappa shape index (κ1) is 13.0. The fraction of sp³-hybridized carbons (Fsp3) is 0.385. The van der Waals surface area contributed by atoms with Crippen LogP contribution in [-0.2, 0) is 4.79 Å². The number of piperazine rings is 1. The lowest BCUT2D eigenvalue weighted by atomic mass is 10.1. The molecule has 2 amide bonds. The van der Waals surface area contributed by atoms with Gasteiger partial charge in [-0.1, -0.05) is 0 Å². The molecule has 2 rings (SSSR count). The van der Waals surface area contributed by atoms with Crippen LogP contribution in [0.3, 0.4) is 0 Å². The van der Waals surface area contributed by atoms with Crippen molar-refractivity contribution < 1.29 is 9.59 Å². The Bertz CT molecular complexity index is 459. The highest BCUT2D eigenvalue weighted by molar-refractivity contribution is 7.98. The molecule has 1 heterocycles. The third-order valence-corrected chi connectivity index (χ3v) is 3.84. The highest BCUT2D eigenvalue weighted by Gasteiger charge is 2.29. The second-order valence-corrected chi connectivity index (χ2v) is 5.07. The molecule has 4 nitrogen and oxygen atoms in total. The SMILES string of the molecule is CSc1ccc(C(=O)N2CCNC(=O)C2C)cc1. The monoisotopic (exact) mass is 264 g/mol. The Kier molecular flexibility index (Phi) is 3.91. The molecule has 18 heavy (non-hydrogen) atoms. The van der Waals surface area contributed by atoms with E-state index in [4.69, 9.17) is 0 Å². The summed E-state index contributed by atoms with van der Waals surface area (Å²) in [7, 11) is 0. The van der Waals surface area contributed by atoms with E-state index >= 15 is 0 Å². The predicted octanol–water partition coefficient (Wildman–Crippen LogP) is 1.37. The van der Waals surface area contributed by atoms with Crippen molar-refractivity contribution in [3.05, 3.63) is 29.8 Å². The lowest BCUT2D eigenvalue weighted by molar-refractivity contribution is -0.127. The summed E-state index contributed by atoms with van der Waals surface area (Å²) in [6, 6.07) is 7.08. The van der Waals surface area contributed by atoms with Crippen molar-refractivity contribution in [2.45, 2.75) is 17.9 Å². The van der Waals surface area contributed by atoms with Crippen molar-refractivity contribution in [1.82, 2.24) is 10.2 Å². The zero-order chi connectivity index (χ0) is 13.1. The third kappa shape index (κ3) is 2.51. The van der Waals surface area contributed by atoms with Gasteiger partial charge >= 0.3 is 0 Å². The van der Waals surface area contributed by atoms with Crippen LogP contribution >= 0.6 is 11.8 Å². The van der Waals surface area contributed by atoms with E-state index < -0.39 is 6.04 Å². The molecule has 0 spiro atoms. The Morgan fingerprint density at radius 1 is 1.39 bits per heavy atom. The largest absolute Gasteiger partial charge is 0.353 e. The van der Waals surface area contributed by atoms with Gasteiger partial charge < -0.3 is 10.2 Å². The van der Waals surface area contributed by atoms with E-state index in [1.165, 1.54) is 0 Å². The minimum Gasteiger partial charge on any atom is -0.353 e. The van der Waals surface area contributed by atoms with Gasteiger partial charge in [0.25, 0.3) is 5.91 Å². The van der Waals surface area contributed by atoms with E-state index in [0.717, 1.165) is 4.90 Å². The van der Waals surface area contributed by atoms with E-state index in [9.17, 15) is 9.59 Å². The molecule has 1 saturated heterocycles. The van der Waals surface area contributed by atoms with Gasteiger partial charge in [0.05, 0.1) is 0 Å². The number of carbonyl (C=O) groups is 2. The maximum Gasteiger partial charge on any atom is 0.254 e. The molecule has 1 atom stereocenters. The van der Waals surface area contributed by atoms with Crippen LogP contribution in [0.25, 0.3) is 0 Å². The zero-order valence-corrected chi connectivity index (χ0v) is 11.3. The first-order valence-corrected chi connectivity index (χ1v) is 7.08. The number of benzene rings is 1.